The van der Waals surface area contributed by atoms with Crippen LogP contribution in [0.2, 0.25) is 0 Å². The number of ether oxygens (including phenoxy) is 1. The lowest BCUT2D eigenvalue weighted by atomic mass is 10.1. The molecule has 5 N–H and O–H groups in total. The number of amides is 1. The Labute approximate surface area is 142 Å². The number of alkyl halides is 2. The van der Waals surface area contributed by atoms with Crippen LogP contribution in [0, 0.1) is 0 Å². The fourth-order valence-electron chi connectivity index (χ4n) is 2.40. The van der Waals surface area contributed by atoms with Crippen molar-refractivity contribution in [3.63, 3.8) is 0 Å². The second kappa shape index (κ2) is 7.99. The Morgan fingerprint density at radius 3 is 2.64 bits per heavy atom. The minimum absolute atomic E-state index is 0.0528. The van der Waals surface area contributed by atoms with E-state index in [-0.39, 0.29) is 23.4 Å². The van der Waals surface area contributed by atoms with Gasteiger partial charge in [0.1, 0.15) is 11.9 Å². The van der Waals surface area contributed by atoms with Crippen LogP contribution in [0.3, 0.4) is 0 Å². The molecule has 0 unspecified atom stereocenters. The third-order valence-corrected chi connectivity index (χ3v) is 3.55. The van der Waals surface area contributed by atoms with Crippen LogP contribution in [0.5, 0.6) is 5.75 Å². The van der Waals surface area contributed by atoms with Gasteiger partial charge in [0, 0.05) is 12.1 Å². The van der Waals surface area contributed by atoms with E-state index < -0.39 is 6.61 Å². The Morgan fingerprint density at radius 1 is 1.12 bits per heavy atom. The summed E-state index contributed by atoms with van der Waals surface area (Å²) in [5, 5.41) is 2.76. The van der Waals surface area contributed by atoms with Crippen LogP contribution in [0.25, 0.3) is 0 Å². The van der Waals surface area contributed by atoms with Crippen LogP contribution in [0.15, 0.2) is 48.5 Å². The van der Waals surface area contributed by atoms with Gasteiger partial charge < -0.3 is 10.1 Å². The predicted molar refractivity (Wildman–Crippen MR) is 86.0 cm³/mol. The van der Waals surface area contributed by atoms with Crippen LogP contribution in [-0.4, -0.2) is 12.5 Å². The maximum atomic E-state index is 12.2. The van der Waals surface area contributed by atoms with Gasteiger partial charge in [-0.2, -0.15) is 19.9 Å². The number of benzene rings is 2. The molecule has 2 aromatic rings. The van der Waals surface area contributed by atoms with Crippen molar-refractivity contribution in [2.24, 2.45) is 0 Å². The number of halogens is 2. The summed E-state index contributed by atoms with van der Waals surface area (Å²) in [6.07, 6.45) is -0.0983. The number of carbonyl (C=O) groups is 1. The summed E-state index contributed by atoms with van der Waals surface area (Å²) in [6.45, 7) is -2.62. The van der Waals surface area contributed by atoms with Crippen molar-refractivity contribution >= 4 is 5.91 Å². The van der Waals surface area contributed by atoms with E-state index in [0.717, 1.165) is 11.1 Å². The van der Waals surface area contributed by atoms with E-state index in [1.165, 1.54) is 24.3 Å². The molecule has 132 valence electrons. The Bertz CT molecular complexity index is 738. The first kappa shape index (κ1) is 17.2. The molecule has 1 amide bonds. The van der Waals surface area contributed by atoms with E-state index in [1.54, 1.807) is 0 Å². The van der Waals surface area contributed by atoms with Gasteiger partial charge in [-0.25, -0.2) is 10.9 Å². The summed E-state index contributed by atoms with van der Waals surface area (Å²) in [7, 11) is 0. The molecule has 0 aromatic heterocycles. The molecule has 0 radical (unpaired) electrons. The van der Waals surface area contributed by atoms with Crippen molar-refractivity contribution in [2.75, 3.05) is 0 Å². The molecule has 0 spiro atoms. The summed E-state index contributed by atoms with van der Waals surface area (Å²) >= 11 is 0. The summed E-state index contributed by atoms with van der Waals surface area (Å²) in [5.41, 5.74) is 13.6. The number of rotatable bonds is 6. The van der Waals surface area contributed by atoms with Crippen molar-refractivity contribution in [3.8, 4) is 5.75 Å². The van der Waals surface area contributed by atoms with Crippen molar-refractivity contribution in [1.29, 1.82) is 0 Å². The minimum Gasteiger partial charge on any atom is -0.435 e. The maximum Gasteiger partial charge on any atom is 0.387 e. The second-order valence-corrected chi connectivity index (χ2v) is 5.31. The molecule has 0 bridgehead atoms. The van der Waals surface area contributed by atoms with Gasteiger partial charge in [-0.15, -0.1) is 0 Å². The zero-order chi connectivity index (χ0) is 17.6. The maximum absolute atomic E-state index is 12.2. The lowest BCUT2D eigenvalue weighted by molar-refractivity contribution is -0.0498. The van der Waals surface area contributed by atoms with Crippen LogP contribution in [0.4, 0.5) is 8.78 Å². The van der Waals surface area contributed by atoms with E-state index >= 15 is 0 Å². The summed E-state index contributed by atoms with van der Waals surface area (Å²) in [6, 6.07) is 13.3. The Kier molecular flexibility index (Phi) is 5.51. The number of hydrogen-bond acceptors (Lipinski definition) is 6. The fraction of sp³-hybridized carbons (Fsp3) is 0.188. The van der Waals surface area contributed by atoms with E-state index in [9.17, 15) is 13.6 Å². The van der Waals surface area contributed by atoms with Gasteiger partial charge in [0.05, 0.1) is 0 Å². The van der Waals surface area contributed by atoms with Crippen LogP contribution < -0.4 is 32.0 Å². The van der Waals surface area contributed by atoms with Gasteiger partial charge in [-0.05, 0) is 29.3 Å². The summed E-state index contributed by atoms with van der Waals surface area (Å²) in [4.78, 5) is 12.2. The minimum atomic E-state index is -2.93. The summed E-state index contributed by atoms with van der Waals surface area (Å²) < 4.78 is 28.8. The Morgan fingerprint density at radius 2 is 1.88 bits per heavy atom. The first-order valence-electron chi connectivity index (χ1n) is 7.55. The molecule has 1 aliphatic heterocycles. The highest BCUT2D eigenvalue weighted by Crippen LogP contribution is 2.16. The van der Waals surface area contributed by atoms with Crippen molar-refractivity contribution in [1.82, 2.24) is 27.2 Å². The summed E-state index contributed by atoms with van der Waals surface area (Å²) in [5.74, 6) is -0.423. The van der Waals surface area contributed by atoms with Gasteiger partial charge in [-0.3, -0.25) is 4.79 Å². The Balaban J connectivity index is 1.61. The van der Waals surface area contributed by atoms with Gasteiger partial charge in [0.15, 0.2) is 0 Å². The van der Waals surface area contributed by atoms with E-state index in [1.807, 2.05) is 24.3 Å². The second-order valence-electron chi connectivity index (χ2n) is 5.31. The van der Waals surface area contributed by atoms with Crippen LogP contribution in [-0.2, 0) is 6.54 Å². The zero-order valence-electron chi connectivity index (χ0n) is 13.1. The normalized spacial score (nSPS) is 14.7. The molecule has 7 nitrogen and oxygen atoms in total. The highest BCUT2D eigenvalue weighted by atomic mass is 19.3. The van der Waals surface area contributed by atoms with Gasteiger partial charge in [0.2, 0.25) is 0 Å². The highest BCUT2D eigenvalue weighted by Gasteiger charge is 2.15. The highest BCUT2D eigenvalue weighted by molar-refractivity contribution is 5.94. The average molecular weight is 349 g/mol. The van der Waals surface area contributed by atoms with Crippen molar-refractivity contribution in [2.45, 2.75) is 19.3 Å². The standard InChI is InChI=1S/C16H17F2N5O2/c17-16(18)25-13-6-2-5-12(8-13)15(24)19-9-10-3-1-4-11(7-10)14-20-22-23-21-14/h1-8,14,16,20-23H,9H2,(H,19,24). The average Bonchev–Trinajstić information content (AvgIpc) is 3.14. The number of hydrogen-bond donors (Lipinski definition) is 5. The largest absolute Gasteiger partial charge is 0.435 e. The molecule has 0 saturated carbocycles. The number of carbonyl (C=O) groups excluding carboxylic acids is 1. The Hall–Kier alpha value is -2.59. The SMILES string of the molecule is O=C(NCc1cccc(C2NNNN2)c1)c1cccc(OC(F)F)c1. The molecule has 2 aromatic carbocycles. The third-order valence-electron chi connectivity index (χ3n) is 3.55. The lowest BCUT2D eigenvalue weighted by Crippen LogP contribution is -2.33. The lowest BCUT2D eigenvalue weighted by Gasteiger charge is -2.12. The van der Waals surface area contributed by atoms with Crippen LogP contribution >= 0.6 is 0 Å². The number of nitrogens with one attached hydrogen (secondary N) is 5. The van der Waals surface area contributed by atoms with E-state index in [2.05, 4.69) is 32.0 Å². The topological polar surface area (TPSA) is 86.5 Å². The molecule has 9 heteroatoms. The van der Waals surface area contributed by atoms with Gasteiger partial charge >= 0.3 is 6.61 Å². The van der Waals surface area contributed by atoms with Crippen molar-refractivity contribution in [3.05, 3.63) is 65.2 Å². The molecular weight excluding hydrogens is 332 g/mol. The first-order chi connectivity index (χ1) is 12.1. The molecule has 1 heterocycles. The predicted octanol–water partition coefficient (Wildman–Crippen LogP) is 1.33. The molecule has 3 rings (SSSR count). The first-order valence-corrected chi connectivity index (χ1v) is 7.55. The van der Waals surface area contributed by atoms with E-state index in [0.29, 0.717) is 6.54 Å². The molecule has 0 aliphatic carbocycles. The monoisotopic (exact) mass is 349 g/mol. The molecule has 1 fully saturated rings. The zero-order valence-corrected chi connectivity index (χ0v) is 13.1. The molecule has 1 aliphatic rings. The molecule has 1 saturated heterocycles. The van der Waals surface area contributed by atoms with Gasteiger partial charge in [0.25, 0.3) is 5.91 Å². The molecule has 25 heavy (non-hydrogen) atoms. The molecular formula is C16H17F2N5O2. The fourth-order valence-corrected chi connectivity index (χ4v) is 2.40. The molecule has 0 atom stereocenters. The van der Waals surface area contributed by atoms with Gasteiger partial charge in [-0.1, -0.05) is 30.3 Å². The van der Waals surface area contributed by atoms with E-state index in [4.69, 9.17) is 0 Å². The van der Waals surface area contributed by atoms with Crippen molar-refractivity contribution < 1.29 is 18.3 Å². The third kappa shape index (κ3) is 4.70. The van der Waals surface area contributed by atoms with Crippen LogP contribution in [0.1, 0.15) is 27.7 Å². The quantitative estimate of drug-likeness (QED) is 0.541. The smallest absolute Gasteiger partial charge is 0.387 e. The number of hydrazine groups is 3.